The van der Waals surface area contributed by atoms with Crippen LogP contribution in [0.1, 0.15) is 37.4 Å². The lowest BCUT2D eigenvalue weighted by atomic mass is 9.82. The second kappa shape index (κ2) is 3.97. The molecule has 3 N–H and O–H groups in total. The van der Waals surface area contributed by atoms with Crippen LogP contribution in [0, 0.1) is 5.92 Å². The van der Waals surface area contributed by atoms with Gasteiger partial charge in [-0.05, 0) is 49.8 Å². The summed E-state index contributed by atoms with van der Waals surface area (Å²) in [4.78, 5) is 4.79. The van der Waals surface area contributed by atoms with Crippen molar-refractivity contribution >= 4 is 16.7 Å². The van der Waals surface area contributed by atoms with Crippen LogP contribution in [0.25, 0.3) is 11.0 Å². The summed E-state index contributed by atoms with van der Waals surface area (Å²) in [5.41, 5.74) is 8.83. The van der Waals surface area contributed by atoms with Gasteiger partial charge in [0.25, 0.3) is 0 Å². The van der Waals surface area contributed by atoms with Crippen LogP contribution in [-0.4, -0.2) is 20.8 Å². The molecule has 2 saturated carbocycles. The first-order chi connectivity index (χ1) is 9.20. The van der Waals surface area contributed by atoms with E-state index in [1.165, 1.54) is 24.2 Å². The quantitative estimate of drug-likeness (QED) is 0.829. The molecule has 100 valence electrons. The number of aromatic nitrogens is 2. The first kappa shape index (κ1) is 11.3. The molecule has 19 heavy (non-hydrogen) atoms. The number of fused-ring (bicyclic) bond motifs is 1. The van der Waals surface area contributed by atoms with Gasteiger partial charge >= 0.3 is 0 Å². The highest BCUT2D eigenvalue weighted by Crippen LogP contribution is 2.42. The molecule has 0 aliphatic heterocycles. The van der Waals surface area contributed by atoms with Crippen LogP contribution in [0.3, 0.4) is 0 Å². The summed E-state index contributed by atoms with van der Waals surface area (Å²) in [6, 6.07) is 6.00. The van der Waals surface area contributed by atoms with Gasteiger partial charge in [0, 0.05) is 18.2 Å². The molecule has 0 atom stereocenters. The Morgan fingerprint density at radius 2 is 2.11 bits per heavy atom. The number of anilines is 1. The lowest BCUT2D eigenvalue weighted by Crippen LogP contribution is -2.31. The van der Waals surface area contributed by atoms with E-state index in [4.69, 9.17) is 10.7 Å². The van der Waals surface area contributed by atoms with Crippen LogP contribution in [-0.2, 0) is 6.54 Å². The van der Waals surface area contributed by atoms with Crippen LogP contribution in [0.15, 0.2) is 18.2 Å². The third-order valence-electron chi connectivity index (χ3n) is 4.40. The third kappa shape index (κ3) is 1.91. The molecule has 0 unspecified atom stereocenters. The Kier molecular flexibility index (Phi) is 2.36. The van der Waals surface area contributed by atoms with Crippen LogP contribution in [0.2, 0.25) is 0 Å². The molecular formula is C15H19N3O. The predicted octanol–water partition coefficient (Wildman–Crippen LogP) is 2.27. The second-order valence-electron chi connectivity index (χ2n) is 6.09. The summed E-state index contributed by atoms with van der Waals surface area (Å²) in [7, 11) is 0. The van der Waals surface area contributed by atoms with Gasteiger partial charge in [0.1, 0.15) is 5.82 Å². The number of nitrogens with two attached hydrogens (primary N) is 1. The summed E-state index contributed by atoms with van der Waals surface area (Å²) < 4.78 is 2.36. The molecule has 1 heterocycles. The molecule has 4 heteroatoms. The topological polar surface area (TPSA) is 64.1 Å². The highest BCUT2D eigenvalue weighted by molar-refractivity contribution is 5.79. The van der Waals surface area contributed by atoms with Crippen LogP contribution >= 0.6 is 0 Å². The summed E-state index contributed by atoms with van der Waals surface area (Å²) in [5, 5.41) is 9.45. The van der Waals surface area contributed by atoms with Crippen molar-refractivity contribution in [3.8, 4) is 0 Å². The van der Waals surface area contributed by atoms with Gasteiger partial charge in [0.05, 0.1) is 17.1 Å². The molecule has 1 aromatic carbocycles. The van der Waals surface area contributed by atoms with Crippen LogP contribution < -0.4 is 5.73 Å². The minimum atomic E-state index is -0.0835. The number of hydrogen-bond acceptors (Lipinski definition) is 3. The highest BCUT2D eigenvalue weighted by atomic mass is 16.3. The zero-order valence-corrected chi connectivity index (χ0v) is 10.9. The molecule has 0 amide bonds. The normalized spacial score (nSPS) is 26.6. The van der Waals surface area contributed by atoms with Gasteiger partial charge < -0.3 is 15.4 Å². The molecule has 0 bridgehead atoms. The monoisotopic (exact) mass is 257 g/mol. The van der Waals surface area contributed by atoms with Crippen molar-refractivity contribution in [1.29, 1.82) is 0 Å². The highest BCUT2D eigenvalue weighted by Gasteiger charge is 2.33. The zero-order chi connectivity index (χ0) is 13.0. The van der Waals surface area contributed by atoms with Gasteiger partial charge in [-0.15, -0.1) is 0 Å². The van der Waals surface area contributed by atoms with Gasteiger partial charge in [0.15, 0.2) is 0 Å². The van der Waals surface area contributed by atoms with Gasteiger partial charge in [-0.3, -0.25) is 0 Å². The molecule has 0 radical (unpaired) electrons. The number of rotatable bonds is 3. The Balaban J connectivity index is 1.75. The van der Waals surface area contributed by atoms with E-state index in [1.54, 1.807) is 0 Å². The average molecular weight is 257 g/mol. The lowest BCUT2D eigenvalue weighted by molar-refractivity contribution is 0.0354. The molecule has 0 saturated heterocycles. The fourth-order valence-electron chi connectivity index (χ4n) is 3.12. The maximum atomic E-state index is 9.45. The van der Waals surface area contributed by atoms with Gasteiger partial charge in [-0.25, -0.2) is 4.98 Å². The molecule has 2 aliphatic rings. The fraction of sp³-hybridized carbons (Fsp3) is 0.533. The maximum Gasteiger partial charge on any atom is 0.113 e. The molecule has 0 spiro atoms. The summed E-state index contributed by atoms with van der Waals surface area (Å²) in [6.45, 7) is 0.989. The maximum absolute atomic E-state index is 9.45. The summed E-state index contributed by atoms with van der Waals surface area (Å²) in [6.07, 6.45) is 4.29. The molecule has 1 aromatic heterocycles. The minimum absolute atomic E-state index is 0.0835. The number of benzene rings is 1. The van der Waals surface area contributed by atoms with E-state index >= 15 is 0 Å². The van der Waals surface area contributed by atoms with E-state index < -0.39 is 0 Å². The first-order valence-electron chi connectivity index (χ1n) is 7.14. The zero-order valence-electron chi connectivity index (χ0n) is 10.9. The van der Waals surface area contributed by atoms with Gasteiger partial charge in [-0.2, -0.15) is 0 Å². The van der Waals surface area contributed by atoms with Crippen molar-refractivity contribution in [2.45, 2.75) is 44.2 Å². The minimum Gasteiger partial charge on any atom is -0.399 e. The van der Waals surface area contributed by atoms with Crippen molar-refractivity contribution in [2.75, 3.05) is 5.73 Å². The Hall–Kier alpha value is -1.55. The van der Waals surface area contributed by atoms with Crippen LogP contribution in [0.5, 0.6) is 0 Å². The predicted molar refractivity (Wildman–Crippen MR) is 74.9 cm³/mol. The number of nitrogens with zero attached hydrogens (tertiary/aromatic N) is 2. The Morgan fingerprint density at radius 1 is 1.32 bits per heavy atom. The number of nitrogen functional groups attached to an aromatic ring is 1. The smallest absolute Gasteiger partial charge is 0.113 e. The van der Waals surface area contributed by atoms with Gasteiger partial charge in [0.2, 0.25) is 0 Å². The van der Waals surface area contributed by atoms with Crippen LogP contribution in [0.4, 0.5) is 5.69 Å². The first-order valence-corrected chi connectivity index (χ1v) is 7.14. The van der Waals surface area contributed by atoms with E-state index in [1.807, 2.05) is 12.1 Å². The molecule has 2 aromatic rings. The van der Waals surface area contributed by atoms with E-state index in [2.05, 4.69) is 10.6 Å². The summed E-state index contributed by atoms with van der Waals surface area (Å²) >= 11 is 0. The molecule has 4 nitrogen and oxygen atoms in total. The van der Waals surface area contributed by atoms with Crippen molar-refractivity contribution in [1.82, 2.24) is 9.55 Å². The number of imidazole rings is 1. The fourth-order valence-corrected chi connectivity index (χ4v) is 3.12. The van der Waals surface area contributed by atoms with Crippen molar-refractivity contribution < 1.29 is 5.11 Å². The molecule has 2 fully saturated rings. The summed E-state index contributed by atoms with van der Waals surface area (Å²) in [5.74, 6) is 2.46. The third-order valence-corrected chi connectivity index (χ3v) is 4.40. The Labute approximate surface area is 112 Å². The number of hydrogen-bond donors (Lipinski definition) is 2. The Morgan fingerprint density at radius 3 is 2.79 bits per heavy atom. The largest absolute Gasteiger partial charge is 0.399 e. The molecule has 2 aliphatic carbocycles. The number of aliphatic hydroxyl groups is 1. The van der Waals surface area contributed by atoms with E-state index in [0.29, 0.717) is 11.8 Å². The molecular weight excluding hydrogens is 238 g/mol. The van der Waals surface area contributed by atoms with E-state index in [0.717, 1.165) is 30.6 Å². The number of aliphatic hydroxyl groups excluding tert-OH is 1. The molecule has 4 rings (SSSR count). The van der Waals surface area contributed by atoms with Crippen molar-refractivity contribution in [2.24, 2.45) is 5.92 Å². The van der Waals surface area contributed by atoms with Crippen molar-refractivity contribution in [3.05, 3.63) is 24.0 Å². The second-order valence-corrected chi connectivity index (χ2v) is 6.09. The standard InChI is InChI=1S/C15H19N3O/c16-11-3-4-14-13(7-11)17-15(10-1-2-10)18(14)8-9-5-12(19)6-9/h3-4,7,9-10,12,19H,1-2,5-6,8,16H2. The lowest BCUT2D eigenvalue weighted by Gasteiger charge is -2.32. The van der Waals surface area contributed by atoms with Gasteiger partial charge in [-0.1, -0.05) is 0 Å². The van der Waals surface area contributed by atoms with E-state index in [9.17, 15) is 5.11 Å². The SMILES string of the molecule is Nc1ccc2c(c1)nc(C1CC1)n2CC1CC(O)C1. The Bertz CT molecular complexity index is 624. The van der Waals surface area contributed by atoms with Crippen molar-refractivity contribution in [3.63, 3.8) is 0 Å². The average Bonchev–Trinajstić information content (AvgIpc) is 3.11. The van der Waals surface area contributed by atoms with E-state index in [-0.39, 0.29) is 6.10 Å².